The minimum atomic E-state index is -0.319. The van der Waals surface area contributed by atoms with Crippen molar-refractivity contribution in [2.75, 3.05) is 47.1 Å². The van der Waals surface area contributed by atoms with Gasteiger partial charge in [-0.2, -0.15) is 0 Å². The molecular weight excluding hydrogens is 244 g/mol. The van der Waals surface area contributed by atoms with Gasteiger partial charge in [0.05, 0.1) is 12.0 Å². The molecule has 19 heavy (non-hydrogen) atoms. The van der Waals surface area contributed by atoms with Gasteiger partial charge < -0.3 is 20.1 Å². The zero-order chi connectivity index (χ0) is 14.3. The van der Waals surface area contributed by atoms with Crippen LogP contribution in [0.4, 0.5) is 0 Å². The number of nitrogens with two attached hydrogens (primary N) is 1. The number of amides is 1. The fourth-order valence-electron chi connectivity index (χ4n) is 2.95. The van der Waals surface area contributed by atoms with Crippen LogP contribution >= 0.6 is 0 Å². The minimum Gasteiger partial charge on any atom is -0.385 e. The van der Waals surface area contributed by atoms with Crippen LogP contribution in [-0.2, 0) is 14.3 Å². The molecule has 1 amide bonds. The van der Waals surface area contributed by atoms with Gasteiger partial charge in [-0.25, -0.2) is 0 Å². The van der Waals surface area contributed by atoms with E-state index in [0.717, 1.165) is 19.3 Å². The molecule has 1 fully saturated rings. The molecule has 1 aliphatic rings. The van der Waals surface area contributed by atoms with Crippen molar-refractivity contribution >= 4 is 5.91 Å². The van der Waals surface area contributed by atoms with Gasteiger partial charge in [-0.05, 0) is 25.2 Å². The summed E-state index contributed by atoms with van der Waals surface area (Å²) in [6.07, 6.45) is 2.67. The number of carbonyl (C=O) groups is 1. The molecule has 0 aromatic heterocycles. The Bertz CT molecular complexity index is 278. The van der Waals surface area contributed by atoms with Gasteiger partial charge in [0.2, 0.25) is 5.91 Å². The predicted octanol–water partition coefficient (Wildman–Crippen LogP) is 0.873. The van der Waals surface area contributed by atoms with Gasteiger partial charge in [-0.3, -0.25) is 4.79 Å². The fourth-order valence-corrected chi connectivity index (χ4v) is 2.95. The summed E-state index contributed by atoms with van der Waals surface area (Å²) in [6, 6.07) is 0. The van der Waals surface area contributed by atoms with E-state index in [0.29, 0.717) is 38.8 Å². The largest absolute Gasteiger partial charge is 0.385 e. The zero-order valence-electron chi connectivity index (χ0n) is 12.5. The molecule has 0 heterocycles. The van der Waals surface area contributed by atoms with E-state index >= 15 is 0 Å². The molecule has 0 bridgehead atoms. The molecule has 0 spiro atoms. The first-order valence-corrected chi connectivity index (χ1v) is 7.07. The van der Waals surface area contributed by atoms with Crippen LogP contribution in [0.3, 0.4) is 0 Å². The molecule has 1 aliphatic carbocycles. The second kappa shape index (κ2) is 7.82. The highest BCUT2D eigenvalue weighted by Crippen LogP contribution is 2.45. The smallest absolute Gasteiger partial charge is 0.230 e. The molecule has 0 saturated heterocycles. The summed E-state index contributed by atoms with van der Waals surface area (Å²) < 4.78 is 10.1. The van der Waals surface area contributed by atoms with Gasteiger partial charge in [-0.15, -0.1) is 0 Å². The molecule has 0 unspecified atom stereocenters. The second-order valence-corrected chi connectivity index (χ2v) is 5.63. The summed E-state index contributed by atoms with van der Waals surface area (Å²) in [5.41, 5.74) is 5.53. The Hall–Kier alpha value is -0.650. The Morgan fingerprint density at radius 2 is 1.89 bits per heavy atom. The van der Waals surface area contributed by atoms with Gasteiger partial charge in [0, 0.05) is 40.5 Å². The number of hydrogen-bond donors (Lipinski definition) is 1. The normalized spacial score (nSPS) is 26.0. The van der Waals surface area contributed by atoms with Gasteiger partial charge in [0.15, 0.2) is 0 Å². The van der Waals surface area contributed by atoms with Crippen LogP contribution in [0.1, 0.15) is 26.2 Å². The van der Waals surface area contributed by atoms with E-state index in [4.69, 9.17) is 15.2 Å². The summed E-state index contributed by atoms with van der Waals surface area (Å²) in [5.74, 6) is 0.803. The van der Waals surface area contributed by atoms with Crippen LogP contribution in [0.25, 0.3) is 0 Å². The van der Waals surface area contributed by atoms with Crippen LogP contribution in [0.15, 0.2) is 0 Å². The summed E-state index contributed by atoms with van der Waals surface area (Å²) in [5, 5.41) is 0. The van der Waals surface area contributed by atoms with Gasteiger partial charge in [0.25, 0.3) is 0 Å². The van der Waals surface area contributed by atoms with Crippen molar-refractivity contribution in [3.05, 3.63) is 0 Å². The lowest BCUT2D eigenvalue weighted by atomic mass is 9.62. The van der Waals surface area contributed by atoms with Gasteiger partial charge >= 0.3 is 0 Å². The average molecular weight is 272 g/mol. The Morgan fingerprint density at radius 3 is 2.37 bits per heavy atom. The van der Waals surface area contributed by atoms with Crippen molar-refractivity contribution in [2.45, 2.75) is 26.2 Å². The fraction of sp³-hybridized carbons (Fsp3) is 0.929. The van der Waals surface area contributed by atoms with Crippen LogP contribution in [0.2, 0.25) is 0 Å². The SMILES string of the molecule is COCCCN(CCOC)C(=O)C1(CN)CC(C)C1. The molecule has 0 atom stereocenters. The number of nitrogens with zero attached hydrogens (tertiary/aromatic N) is 1. The molecule has 0 aliphatic heterocycles. The van der Waals surface area contributed by atoms with Crippen molar-refractivity contribution in [3.63, 3.8) is 0 Å². The first kappa shape index (κ1) is 16.4. The van der Waals surface area contributed by atoms with Crippen molar-refractivity contribution in [1.82, 2.24) is 4.90 Å². The van der Waals surface area contributed by atoms with Crippen LogP contribution in [0, 0.1) is 11.3 Å². The lowest BCUT2D eigenvalue weighted by Crippen LogP contribution is -2.55. The van der Waals surface area contributed by atoms with Gasteiger partial charge in [0.1, 0.15) is 0 Å². The molecule has 0 aromatic rings. The predicted molar refractivity (Wildman–Crippen MR) is 74.8 cm³/mol. The molecule has 0 radical (unpaired) electrons. The highest BCUT2D eigenvalue weighted by atomic mass is 16.5. The summed E-state index contributed by atoms with van der Waals surface area (Å²) in [4.78, 5) is 14.6. The van der Waals surface area contributed by atoms with Crippen molar-refractivity contribution in [3.8, 4) is 0 Å². The molecule has 1 rings (SSSR count). The lowest BCUT2D eigenvalue weighted by molar-refractivity contribution is -0.150. The summed E-state index contributed by atoms with van der Waals surface area (Å²) in [6.45, 7) is 5.20. The molecular formula is C14H28N2O3. The number of carbonyl (C=O) groups excluding carboxylic acids is 1. The first-order valence-electron chi connectivity index (χ1n) is 7.07. The highest BCUT2D eigenvalue weighted by Gasteiger charge is 2.48. The lowest BCUT2D eigenvalue weighted by Gasteiger charge is -2.46. The van der Waals surface area contributed by atoms with E-state index in [1.807, 2.05) is 4.90 Å². The van der Waals surface area contributed by atoms with E-state index in [9.17, 15) is 4.79 Å². The van der Waals surface area contributed by atoms with E-state index < -0.39 is 0 Å². The topological polar surface area (TPSA) is 64.8 Å². The van der Waals surface area contributed by atoms with Crippen LogP contribution in [-0.4, -0.2) is 57.9 Å². The van der Waals surface area contributed by atoms with Crippen LogP contribution in [0.5, 0.6) is 0 Å². The summed E-state index contributed by atoms with van der Waals surface area (Å²) >= 11 is 0. The van der Waals surface area contributed by atoms with E-state index in [-0.39, 0.29) is 11.3 Å². The maximum Gasteiger partial charge on any atom is 0.230 e. The molecule has 0 aromatic carbocycles. The maximum atomic E-state index is 12.7. The van der Waals surface area contributed by atoms with E-state index in [2.05, 4.69) is 6.92 Å². The average Bonchev–Trinajstić information content (AvgIpc) is 2.38. The van der Waals surface area contributed by atoms with Gasteiger partial charge in [-0.1, -0.05) is 6.92 Å². The quantitative estimate of drug-likeness (QED) is 0.633. The molecule has 5 heteroatoms. The van der Waals surface area contributed by atoms with Crippen LogP contribution < -0.4 is 5.73 Å². The third-order valence-electron chi connectivity index (χ3n) is 3.95. The number of methoxy groups -OCH3 is 2. The standard InChI is InChI=1S/C14H28N2O3/c1-12-9-14(10-12,11-15)13(17)16(6-8-19-3)5-4-7-18-2/h12H,4-11,15H2,1-3H3. The Morgan fingerprint density at radius 1 is 1.26 bits per heavy atom. The molecule has 112 valence electrons. The second-order valence-electron chi connectivity index (χ2n) is 5.63. The third-order valence-corrected chi connectivity index (χ3v) is 3.95. The maximum absolute atomic E-state index is 12.7. The minimum absolute atomic E-state index is 0.196. The molecule has 2 N–H and O–H groups in total. The van der Waals surface area contributed by atoms with Crippen molar-refractivity contribution < 1.29 is 14.3 Å². The van der Waals surface area contributed by atoms with E-state index in [1.165, 1.54) is 0 Å². The number of ether oxygens (including phenoxy) is 2. The van der Waals surface area contributed by atoms with Crippen molar-refractivity contribution in [2.24, 2.45) is 17.1 Å². The number of rotatable bonds is 9. The number of hydrogen-bond acceptors (Lipinski definition) is 4. The van der Waals surface area contributed by atoms with E-state index in [1.54, 1.807) is 14.2 Å². The monoisotopic (exact) mass is 272 g/mol. The third kappa shape index (κ3) is 4.16. The molecule has 1 saturated carbocycles. The van der Waals surface area contributed by atoms with Crippen molar-refractivity contribution in [1.29, 1.82) is 0 Å². The highest BCUT2D eigenvalue weighted by molar-refractivity contribution is 5.84. The first-order chi connectivity index (χ1) is 9.09. The summed E-state index contributed by atoms with van der Waals surface area (Å²) in [7, 11) is 3.33. The Labute approximate surface area is 116 Å². The molecule has 5 nitrogen and oxygen atoms in total. The Balaban J connectivity index is 2.58. The zero-order valence-corrected chi connectivity index (χ0v) is 12.5. The Kier molecular flexibility index (Phi) is 6.75.